The van der Waals surface area contributed by atoms with Gasteiger partial charge in [-0.05, 0) is 67.6 Å². The van der Waals surface area contributed by atoms with Gasteiger partial charge >= 0.3 is 5.97 Å². The Morgan fingerprint density at radius 3 is 2.73 bits per heavy atom. The molecule has 3 heterocycles. The number of unbranched alkanes of at least 4 members (excludes halogenated alkanes) is 2. The summed E-state index contributed by atoms with van der Waals surface area (Å²) in [6.07, 6.45) is 4.33. The van der Waals surface area contributed by atoms with Gasteiger partial charge in [0.15, 0.2) is 0 Å². The molecule has 1 aliphatic rings. The van der Waals surface area contributed by atoms with Crippen LogP contribution in [0.25, 0.3) is 21.0 Å². The van der Waals surface area contributed by atoms with Crippen LogP contribution in [0, 0.1) is 0 Å². The Bertz CT molecular complexity index is 1330. The predicted octanol–water partition coefficient (Wildman–Crippen LogP) is 6.53. The number of ether oxygens (including phenoxy) is 2. The van der Waals surface area contributed by atoms with Gasteiger partial charge in [0.2, 0.25) is 5.88 Å². The van der Waals surface area contributed by atoms with Crippen molar-refractivity contribution in [1.29, 1.82) is 0 Å². The van der Waals surface area contributed by atoms with Crippen molar-refractivity contribution in [2.75, 3.05) is 44.2 Å². The molecule has 0 aliphatic carbocycles. The Morgan fingerprint density at radius 2 is 1.86 bits per heavy atom. The van der Waals surface area contributed by atoms with Crippen molar-refractivity contribution in [3.8, 4) is 11.6 Å². The highest BCUT2D eigenvalue weighted by molar-refractivity contribution is 7.17. The summed E-state index contributed by atoms with van der Waals surface area (Å²) in [5.74, 6) is 0.908. The standard InChI is InChI=1S/C30H35N3O3S/c1-2-3-9-30(34)36-29-13-11-23-10-12-24(22-26(23)31-29)35-20-5-4-15-32-16-18-33(19-17-32)27-7-6-8-28-25(27)14-21-37-28/h6-8,10-14,21-22H,2-5,9,15-20H2,1H3. The van der Waals surface area contributed by atoms with E-state index < -0.39 is 0 Å². The van der Waals surface area contributed by atoms with Crippen LogP contribution in [0.3, 0.4) is 0 Å². The molecular weight excluding hydrogens is 482 g/mol. The van der Waals surface area contributed by atoms with Crippen molar-refractivity contribution in [2.24, 2.45) is 0 Å². The fraction of sp³-hybridized carbons (Fsp3) is 0.400. The molecule has 7 heteroatoms. The molecule has 0 spiro atoms. The normalized spacial score (nSPS) is 14.4. The fourth-order valence-corrected chi connectivity index (χ4v) is 5.61. The Morgan fingerprint density at radius 1 is 1.00 bits per heavy atom. The molecule has 2 aromatic heterocycles. The van der Waals surface area contributed by atoms with E-state index in [0.717, 1.165) is 75.1 Å². The fourth-order valence-electron chi connectivity index (χ4n) is 4.81. The third kappa shape index (κ3) is 6.59. The van der Waals surface area contributed by atoms with Gasteiger partial charge in [-0.15, -0.1) is 11.3 Å². The molecule has 2 aromatic carbocycles. The van der Waals surface area contributed by atoms with Crippen LogP contribution in [0.4, 0.5) is 5.69 Å². The summed E-state index contributed by atoms with van der Waals surface area (Å²) in [5.41, 5.74) is 2.15. The van der Waals surface area contributed by atoms with Gasteiger partial charge in [-0.3, -0.25) is 9.69 Å². The maximum atomic E-state index is 11.9. The van der Waals surface area contributed by atoms with Gasteiger partial charge in [0.05, 0.1) is 12.1 Å². The summed E-state index contributed by atoms with van der Waals surface area (Å²) < 4.78 is 12.8. The van der Waals surface area contributed by atoms with Crippen molar-refractivity contribution in [1.82, 2.24) is 9.88 Å². The van der Waals surface area contributed by atoms with E-state index in [0.29, 0.717) is 18.9 Å². The molecule has 1 saturated heterocycles. The quantitative estimate of drug-likeness (QED) is 0.167. The molecule has 6 nitrogen and oxygen atoms in total. The third-order valence-electron chi connectivity index (χ3n) is 6.91. The molecule has 37 heavy (non-hydrogen) atoms. The highest BCUT2D eigenvalue weighted by atomic mass is 32.1. The summed E-state index contributed by atoms with van der Waals surface area (Å²) in [6, 6.07) is 18.5. The number of anilines is 1. The van der Waals surface area contributed by atoms with Gasteiger partial charge in [0.1, 0.15) is 5.75 Å². The topological polar surface area (TPSA) is 54.9 Å². The first-order valence-electron chi connectivity index (χ1n) is 13.4. The summed E-state index contributed by atoms with van der Waals surface area (Å²) in [6.45, 7) is 8.18. The zero-order valence-corrected chi connectivity index (χ0v) is 22.3. The zero-order valence-electron chi connectivity index (χ0n) is 21.5. The molecular formula is C30H35N3O3S. The first kappa shape index (κ1) is 25.5. The summed E-state index contributed by atoms with van der Waals surface area (Å²) in [5, 5.41) is 4.56. The summed E-state index contributed by atoms with van der Waals surface area (Å²) >= 11 is 1.81. The monoisotopic (exact) mass is 517 g/mol. The van der Waals surface area contributed by atoms with Crippen LogP contribution in [0.1, 0.15) is 39.0 Å². The molecule has 0 amide bonds. The molecule has 5 rings (SSSR count). The number of benzene rings is 2. The Hall–Kier alpha value is -3.16. The van der Waals surface area contributed by atoms with E-state index in [1.54, 1.807) is 6.07 Å². The number of piperazine rings is 1. The van der Waals surface area contributed by atoms with Gasteiger partial charge in [0, 0.05) is 65.9 Å². The van der Waals surface area contributed by atoms with Crippen molar-refractivity contribution in [2.45, 2.75) is 39.0 Å². The van der Waals surface area contributed by atoms with E-state index in [1.165, 1.54) is 15.8 Å². The average molecular weight is 518 g/mol. The van der Waals surface area contributed by atoms with E-state index in [4.69, 9.17) is 9.47 Å². The number of aromatic nitrogens is 1. The number of thiophene rings is 1. The minimum atomic E-state index is -0.234. The second-order valence-electron chi connectivity index (χ2n) is 9.58. The van der Waals surface area contributed by atoms with Crippen LogP contribution in [-0.2, 0) is 4.79 Å². The number of pyridine rings is 1. The van der Waals surface area contributed by atoms with Gasteiger partial charge in [0.25, 0.3) is 0 Å². The second kappa shape index (κ2) is 12.4. The van der Waals surface area contributed by atoms with E-state index >= 15 is 0 Å². The highest BCUT2D eigenvalue weighted by Crippen LogP contribution is 2.31. The number of esters is 1. The van der Waals surface area contributed by atoms with Crippen molar-refractivity contribution in [3.63, 3.8) is 0 Å². The second-order valence-corrected chi connectivity index (χ2v) is 10.5. The van der Waals surface area contributed by atoms with E-state index in [9.17, 15) is 4.79 Å². The molecule has 0 saturated carbocycles. The number of carbonyl (C=O) groups excluding carboxylic acids is 1. The van der Waals surface area contributed by atoms with Crippen LogP contribution >= 0.6 is 11.3 Å². The number of hydrogen-bond acceptors (Lipinski definition) is 7. The van der Waals surface area contributed by atoms with Crippen molar-refractivity contribution < 1.29 is 14.3 Å². The van der Waals surface area contributed by atoms with Crippen LogP contribution in [0.5, 0.6) is 11.6 Å². The maximum Gasteiger partial charge on any atom is 0.312 e. The van der Waals surface area contributed by atoms with Gasteiger partial charge in [-0.25, -0.2) is 4.98 Å². The van der Waals surface area contributed by atoms with Crippen molar-refractivity contribution >= 4 is 44.0 Å². The van der Waals surface area contributed by atoms with E-state index in [-0.39, 0.29) is 5.97 Å². The molecule has 4 aromatic rings. The van der Waals surface area contributed by atoms with Crippen LogP contribution < -0.4 is 14.4 Å². The third-order valence-corrected chi connectivity index (χ3v) is 7.80. The van der Waals surface area contributed by atoms with Gasteiger partial charge in [-0.2, -0.15) is 0 Å². The SMILES string of the molecule is CCCCC(=O)Oc1ccc2ccc(OCCCCN3CCN(c4cccc5sccc45)CC3)cc2n1. The van der Waals surface area contributed by atoms with Crippen molar-refractivity contribution in [3.05, 3.63) is 60.0 Å². The first-order chi connectivity index (χ1) is 18.2. The molecule has 0 atom stereocenters. The Labute approximate surface area is 222 Å². The number of nitrogens with zero attached hydrogens (tertiary/aromatic N) is 3. The lowest BCUT2D eigenvalue weighted by Crippen LogP contribution is -2.46. The Balaban J connectivity index is 1.04. The molecule has 0 unspecified atom stereocenters. The van der Waals surface area contributed by atoms with Crippen LogP contribution in [-0.4, -0.2) is 55.2 Å². The molecule has 194 valence electrons. The molecule has 0 radical (unpaired) electrons. The molecule has 1 aliphatic heterocycles. The number of carbonyl (C=O) groups is 1. The minimum absolute atomic E-state index is 0.234. The Kier molecular flexibility index (Phi) is 8.53. The molecule has 1 fully saturated rings. The number of fused-ring (bicyclic) bond motifs is 2. The smallest absolute Gasteiger partial charge is 0.312 e. The highest BCUT2D eigenvalue weighted by Gasteiger charge is 2.18. The number of rotatable bonds is 11. The average Bonchev–Trinajstić information content (AvgIpc) is 3.41. The molecule has 0 N–H and O–H groups in total. The van der Waals surface area contributed by atoms with Crippen LogP contribution in [0.2, 0.25) is 0 Å². The minimum Gasteiger partial charge on any atom is -0.494 e. The summed E-state index contributed by atoms with van der Waals surface area (Å²) in [4.78, 5) is 21.5. The van der Waals surface area contributed by atoms with Gasteiger partial charge in [-0.1, -0.05) is 19.4 Å². The first-order valence-corrected chi connectivity index (χ1v) is 14.3. The lowest BCUT2D eigenvalue weighted by Gasteiger charge is -2.36. The summed E-state index contributed by atoms with van der Waals surface area (Å²) in [7, 11) is 0. The maximum absolute atomic E-state index is 11.9. The lowest BCUT2D eigenvalue weighted by molar-refractivity contribution is -0.134. The van der Waals surface area contributed by atoms with Gasteiger partial charge < -0.3 is 14.4 Å². The largest absolute Gasteiger partial charge is 0.494 e. The van der Waals surface area contributed by atoms with Crippen LogP contribution in [0.15, 0.2) is 60.0 Å². The van der Waals surface area contributed by atoms with E-state index in [1.807, 2.05) is 35.6 Å². The molecule has 0 bridgehead atoms. The number of hydrogen-bond donors (Lipinski definition) is 0. The van der Waals surface area contributed by atoms with E-state index in [2.05, 4.69) is 51.4 Å². The predicted molar refractivity (Wildman–Crippen MR) is 152 cm³/mol. The lowest BCUT2D eigenvalue weighted by atomic mass is 10.2. The zero-order chi connectivity index (χ0) is 25.5.